The summed E-state index contributed by atoms with van der Waals surface area (Å²) in [5.41, 5.74) is 1.83. The fourth-order valence-corrected chi connectivity index (χ4v) is 4.86. The van der Waals surface area contributed by atoms with Gasteiger partial charge in [0.05, 0.1) is 0 Å². The molecular weight excluding hydrogens is 208 g/mol. The van der Waals surface area contributed by atoms with Gasteiger partial charge in [0.1, 0.15) is 0 Å². The fraction of sp³-hybridized carbons (Fsp3) is 0.500. The van der Waals surface area contributed by atoms with Crippen molar-refractivity contribution in [1.82, 2.24) is 0 Å². The molecule has 2 rings (SSSR count). The molecule has 0 aliphatic carbocycles. The Morgan fingerprint density at radius 2 is 1.71 bits per heavy atom. The monoisotopic (exact) mass is 224 g/mol. The van der Waals surface area contributed by atoms with E-state index in [1.54, 1.807) is 5.56 Å². The van der Waals surface area contributed by atoms with Crippen LogP contribution in [0.4, 0.5) is 0 Å². The molecule has 0 radical (unpaired) electrons. The molecule has 14 heavy (non-hydrogen) atoms. The highest BCUT2D eigenvalue weighted by Crippen LogP contribution is 2.42. The molecule has 0 aromatic carbocycles. The summed E-state index contributed by atoms with van der Waals surface area (Å²) in [6.45, 7) is 11.3. The predicted octanol–water partition coefficient (Wildman–Crippen LogP) is 4.88. The van der Waals surface area contributed by atoms with Gasteiger partial charge in [-0.1, -0.05) is 20.8 Å². The predicted molar refractivity (Wildman–Crippen MR) is 67.9 cm³/mol. The molecule has 0 N–H and O–H groups in total. The van der Waals surface area contributed by atoms with Crippen LogP contribution in [0.5, 0.6) is 0 Å². The third kappa shape index (κ3) is 1.51. The van der Waals surface area contributed by atoms with Crippen molar-refractivity contribution in [3.8, 4) is 0 Å². The molecule has 0 aliphatic rings. The first-order valence-electron chi connectivity index (χ1n) is 4.89. The maximum Gasteiger partial charge on any atom is 0.0493 e. The number of hydrogen-bond donors (Lipinski definition) is 0. The van der Waals surface area contributed by atoms with Crippen LogP contribution in [-0.4, -0.2) is 0 Å². The molecule has 0 unspecified atom stereocenters. The summed E-state index contributed by atoms with van der Waals surface area (Å²) in [5, 5.41) is 0. The molecule has 0 fully saturated rings. The minimum absolute atomic E-state index is 0.277. The summed E-state index contributed by atoms with van der Waals surface area (Å²) in [6, 6.07) is 2.31. The second-order valence-electron chi connectivity index (χ2n) is 4.83. The van der Waals surface area contributed by atoms with E-state index in [1.807, 2.05) is 22.7 Å². The molecule has 0 bridgehead atoms. The number of hydrogen-bond acceptors (Lipinski definition) is 2. The molecule has 2 heteroatoms. The van der Waals surface area contributed by atoms with Crippen LogP contribution in [0, 0.1) is 13.8 Å². The molecule has 0 spiro atoms. The molecule has 0 saturated heterocycles. The summed E-state index contributed by atoms with van der Waals surface area (Å²) in [4.78, 5) is 2.91. The molecule has 76 valence electrons. The molecule has 2 aromatic heterocycles. The summed E-state index contributed by atoms with van der Waals surface area (Å²) in [5.74, 6) is 0. The fourth-order valence-electron chi connectivity index (χ4n) is 1.99. The highest BCUT2D eigenvalue weighted by molar-refractivity contribution is 7.28. The van der Waals surface area contributed by atoms with Crippen LogP contribution in [0.1, 0.15) is 36.1 Å². The van der Waals surface area contributed by atoms with Gasteiger partial charge in [0, 0.05) is 19.2 Å². The molecule has 0 aliphatic heterocycles. The number of aryl methyl sites for hydroxylation is 2. The van der Waals surface area contributed by atoms with Crippen molar-refractivity contribution in [3.05, 3.63) is 21.4 Å². The first-order chi connectivity index (χ1) is 6.39. The highest BCUT2D eigenvalue weighted by Gasteiger charge is 2.22. The van der Waals surface area contributed by atoms with Crippen LogP contribution >= 0.6 is 22.7 Å². The molecule has 2 aromatic rings. The maximum atomic E-state index is 2.31. The van der Waals surface area contributed by atoms with Crippen LogP contribution in [0.25, 0.3) is 9.40 Å². The van der Waals surface area contributed by atoms with Crippen molar-refractivity contribution in [1.29, 1.82) is 0 Å². The maximum absolute atomic E-state index is 2.31. The Bertz CT molecular complexity index is 466. The van der Waals surface area contributed by atoms with Gasteiger partial charge in [0.25, 0.3) is 0 Å². The molecule has 0 saturated carbocycles. The lowest BCUT2D eigenvalue weighted by molar-refractivity contribution is 0.595. The van der Waals surface area contributed by atoms with Gasteiger partial charge in [-0.3, -0.25) is 0 Å². The third-order valence-electron chi connectivity index (χ3n) is 2.41. The quantitative estimate of drug-likeness (QED) is 0.598. The van der Waals surface area contributed by atoms with Gasteiger partial charge in [-0.05, 0) is 30.9 Å². The van der Waals surface area contributed by atoms with Gasteiger partial charge in [0.15, 0.2) is 0 Å². The van der Waals surface area contributed by atoms with Crippen LogP contribution in [0.2, 0.25) is 0 Å². The normalized spacial score (nSPS) is 12.6. The number of thiophene rings is 2. The Morgan fingerprint density at radius 1 is 1.07 bits per heavy atom. The third-order valence-corrected chi connectivity index (χ3v) is 4.66. The second-order valence-corrected chi connectivity index (χ2v) is 7.35. The zero-order valence-electron chi connectivity index (χ0n) is 9.39. The van der Waals surface area contributed by atoms with Crippen molar-refractivity contribution in [2.45, 2.75) is 40.0 Å². The van der Waals surface area contributed by atoms with Gasteiger partial charge >= 0.3 is 0 Å². The van der Waals surface area contributed by atoms with E-state index in [9.17, 15) is 0 Å². The van der Waals surface area contributed by atoms with Crippen molar-refractivity contribution >= 4 is 32.1 Å². The van der Waals surface area contributed by atoms with E-state index in [1.165, 1.54) is 19.2 Å². The van der Waals surface area contributed by atoms with Gasteiger partial charge in [0.2, 0.25) is 0 Å². The Morgan fingerprint density at radius 3 is 2.29 bits per heavy atom. The van der Waals surface area contributed by atoms with Gasteiger partial charge in [-0.15, -0.1) is 22.7 Å². The lowest BCUT2D eigenvalue weighted by atomic mass is 9.87. The standard InChI is InChI=1S/C12H16S2/c1-7-6-9-11(13-7)10(8(2)14-9)12(3,4)5/h6H,1-5H3. The summed E-state index contributed by atoms with van der Waals surface area (Å²) >= 11 is 3.87. The molecule has 0 amide bonds. The second kappa shape index (κ2) is 3.07. The van der Waals surface area contributed by atoms with Gasteiger partial charge < -0.3 is 0 Å². The number of fused-ring (bicyclic) bond motifs is 1. The molecule has 0 nitrogen and oxygen atoms in total. The minimum atomic E-state index is 0.277. The van der Waals surface area contributed by atoms with Crippen molar-refractivity contribution in [3.63, 3.8) is 0 Å². The summed E-state index contributed by atoms with van der Waals surface area (Å²) in [7, 11) is 0. The zero-order valence-corrected chi connectivity index (χ0v) is 11.0. The highest BCUT2D eigenvalue weighted by atomic mass is 32.1. The minimum Gasteiger partial charge on any atom is -0.139 e. The van der Waals surface area contributed by atoms with Crippen molar-refractivity contribution < 1.29 is 0 Å². The average Bonchev–Trinajstić information content (AvgIpc) is 2.38. The lowest BCUT2D eigenvalue weighted by Crippen LogP contribution is -2.11. The topological polar surface area (TPSA) is 0 Å². The molecular formula is C12H16S2. The van der Waals surface area contributed by atoms with E-state index in [2.05, 4.69) is 40.7 Å². The largest absolute Gasteiger partial charge is 0.139 e. The Kier molecular flexibility index (Phi) is 2.24. The zero-order chi connectivity index (χ0) is 10.5. The van der Waals surface area contributed by atoms with E-state index in [4.69, 9.17) is 0 Å². The van der Waals surface area contributed by atoms with E-state index in [0.29, 0.717) is 0 Å². The first kappa shape index (κ1) is 10.2. The summed E-state index contributed by atoms with van der Waals surface area (Å²) < 4.78 is 2.98. The van der Waals surface area contributed by atoms with Crippen molar-refractivity contribution in [2.24, 2.45) is 0 Å². The first-order valence-corrected chi connectivity index (χ1v) is 6.53. The van der Waals surface area contributed by atoms with Gasteiger partial charge in [-0.2, -0.15) is 0 Å². The number of rotatable bonds is 0. The van der Waals surface area contributed by atoms with Crippen molar-refractivity contribution in [2.75, 3.05) is 0 Å². The van der Waals surface area contributed by atoms with Crippen LogP contribution in [0.3, 0.4) is 0 Å². The summed E-state index contributed by atoms with van der Waals surface area (Å²) in [6.07, 6.45) is 0. The Labute approximate surface area is 93.6 Å². The van der Waals surface area contributed by atoms with E-state index in [-0.39, 0.29) is 5.41 Å². The van der Waals surface area contributed by atoms with E-state index >= 15 is 0 Å². The smallest absolute Gasteiger partial charge is 0.0493 e. The van der Waals surface area contributed by atoms with E-state index in [0.717, 1.165) is 0 Å². The Balaban J connectivity index is 2.78. The lowest BCUT2D eigenvalue weighted by Gasteiger charge is -2.18. The molecule has 2 heterocycles. The van der Waals surface area contributed by atoms with Crippen LogP contribution in [-0.2, 0) is 5.41 Å². The van der Waals surface area contributed by atoms with Crippen LogP contribution in [0.15, 0.2) is 6.07 Å². The Hall–Kier alpha value is -0.340. The van der Waals surface area contributed by atoms with Gasteiger partial charge in [-0.25, -0.2) is 0 Å². The van der Waals surface area contributed by atoms with E-state index < -0.39 is 0 Å². The molecule has 0 atom stereocenters. The average molecular weight is 224 g/mol. The van der Waals surface area contributed by atoms with Crippen LogP contribution < -0.4 is 0 Å². The SMILES string of the molecule is Cc1cc2sc(C)c(C(C)(C)C)c2s1.